The lowest BCUT2D eigenvalue weighted by atomic mass is 9.54. The number of hydrogen-bond acceptors (Lipinski definition) is 1. The van der Waals surface area contributed by atoms with Crippen molar-refractivity contribution in [2.24, 2.45) is 28.6 Å². The predicted octanol–water partition coefficient (Wildman–Crippen LogP) is 4.84. The zero-order valence-corrected chi connectivity index (χ0v) is 12.9. The fourth-order valence-corrected chi connectivity index (χ4v) is 5.20. The summed E-state index contributed by atoms with van der Waals surface area (Å²) < 4.78 is 0. The van der Waals surface area contributed by atoms with Gasteiger partial charge >= 0.3 is 0 Å². The molecule has 0 heterocycles. The highest BCUT2D eigenvalue weighted by Crippen LogP contribution is 2.58. The molecular formula is C17H30O. The van der Waals surface area contributed by atoms with E-state index in [1.54, 1.807) is 0 Å². The van der Waals surface area contributed by atoms with Crippen molar-refractivity contribution in [3.8, 4) is 0 Å². The minimum Gasteiger partial charge on any atom is -0.299 e. The van der Waals surface area contributed by atoms with Crippen LogP contribution in [0.1, 0.15) is 73.1 Å². The monoisotopic (exact) mass is 250 g/mol. The van der Waals surface area contributed by atoms with Crippen molar-refractivity contribution in [2.75, 3.05) is 0 Å². The molecule has 2 saturated carbocycles. The first-order chi connectivity index (χ1) is 8.33. The van der Waals surface area contributed by atoms with Crippen molar-refractivity contribution in [3.63, 3.8) is 0 Å². The first-order valence-electron chi connectivity index (χ1n) is 7.86. The van der Waals surface area contributed by atoms with E-state index in [4.69, 9.17) is 0 Å². The van der Waals surface area contributed by atoms with Crippen molar-refractivity contribution >= 4 is 5.78 Å². The van der Waals surface area contributed by atoms with Gasteiger partial charge < -0.3 is 0 Å². The summed E-state index contributed by atoms with van der Waals surface area (Å²) in [4.78, 5) is 12.2. The van der Waals surface area contributed by atoms with E-state index in [0.29, 0.717) is 17.1 Å². The van der Waals surface area contributed by atoms with Crippen LogP contribution in [0.25, 0.3) is 0 Å². The molecular weight excluding hydrogens is 220 g/mol. The normalized spacial score (nSPS) is 40.9. The summed E-state index contributed by atoms with van der Waals surface area (Å²) in [5.74, 6) is 2.73. The minimum absolute atomic E-state index is 0.0260. The summed E-state index contributed by atoms with van der Waals surface area (Å²) in [6.07, 6.45) is 6.98. The van der Waals surface area contributed by atoms with E-state index in [0.717, 1.165) is 31.1 Å². The highest BCUT2D eigenvalue weighted by Gasteiger charge is 2.54. The zero-order valence-electron chi connectivity index (χ0n) is 12.9. The van der Waals surface area contributed by atoms with Crippen molar-refractivity contribution in [1.29, 1.82) is 0 Å². The molecule has 0 aromatic heterocycles. The lowest BCUT2D eigenvalue weighted by Crippen LogP contribution is -2.44. The topological polar surface area (TPSA) is 17.1 Å². The summed E-state index contributed by atoms with van der Waals surface area (Å²) in [7, 11) is 0. The number of carbonyl (C=O) groups is 1. The molecule has 2 aliphatic rings. The van der Waals surface area contributed by atoms with E-state index in [2.05, 4.69) is 34.6 Å². The Morgan fingerprint density at radius 3 is 2.61 bits per heavy atom. The average Bonchev–Trinajstić information content (AvgIpc) is 2.56. The highest BCUT2D eigenvalue weighted by molar-refractivity contribution is 5.87. The van der Waals surface area contributed by atoms with E-state index >= 15 is 0 Å². The lowest BCUT2D eigenvalue weighted by Gasteiger charge is -2.49. The Kier molecular flexibility index (Phi) is 3.64. The van der Waals surface area contributed by atoms with Gasteiger partial charge in [0.25, 0.3) is 0 Å². The summed E-state index contributed by atoms with van der Waals surface area (Å²) in [6, 6.07) is 0. The summed E-state index contributed by atoms with van der Waals surface area (Å²) in [5, 5.41) is 0. The van der Waals surface area contributed by atoms with E-state index in [1.807, 2.05) is 0 Å². The molecule has 2 fully saturated rings. The van der Waals surface area contributed by atoms with Gasteiger partial charge in [-0.15, -0.1) is 0 Å². The third-order valence-electron chi connectivity index (χ3n) is 6.28. The molecule has 0 spiro atoms. The largest absolute Gasteiger partial charge is 0.299 e. The van der Waals surface area contributed by atoms with Crippen LogP contribution in [0, 0.1) is 28.6 Å². The molecule has 1 heteroatoms. The van der Waals surface area contributed by atoms with Gasteiger partial charge in [0, 0.05) is 11.8 Å². The van der Waals surface area contributed by atoms with E-state index < -0.39 is 0 Å². The first kappa shape index (κ1) is 14.1. The number of Topliss-reactive ketones (excluding diaryl/α,β-unsaturated/α-hetero) is 1. The molecule has 0 saturated heterocycles. The van der Waals surface area contributed by atoms with Gasteiger partial charge in [0.1, 0.15) is 5.78 Å². The summed E-state index contributed by atoms with van der Waals surface area (Å²) in [5.41, 5.74) is 0.472. The van der Waals surface area contributed by atoms with Crippen molar-refractivity contribution in [3.05, 3.63) is 0 Å². The van der Waals surface area contributed by atoms with Crippen LogP contribution in [-0.4, -0.2) is 5.78 Å². The van der Waals surface area contributed by atoms with Crippen LogP contribution >= 0.6 is 0 Å². The van der Waals surface area contributed by atoms with Gasteiger partial charge in [0.05, 0.1) is 0 Å². The molecule has 1 nitrogen and oxygen atoms in total. The van der Waals surface area contributed by atoms with Gasteiger partial charge in [-0.3, -0.25) is 4.79 Å². The molecule has 18 heavy (non-hydrogen) atoms. The molecule has 4 atom stereocenters. The number of hydrogen-bond donors (Lipinski definition) is 0. The maximum Gasteiger partial charge on any atom is 0.139 e. The second-order valence-corrected chi connectivity index (χ2v) is 7.73. The zero-order chi connectivity index (χ0) is 13.6. The number of ketones is 1. The van der Waals surface area contributed by atoms with Crippen LogP contribution in [0.2, 0.25) is 0 Å². The molecule has 4 unspecified atom stereocenters. The molecule has 104 valence electrons. The standard InChI is InChI=1S/C17H30O/c1-6-10-16(3,4)13-9-11-17(5)14(12(13)2)7-8-15(17)18/h12-14H,6-11H2,1-5H3. The molecule has 0 aromatic rings. The minimum atomic E-state index is 0.0260. The highest BCUT2D eigenvalue weighted by atomic mass is 16.1. The molecule has 0 bridgehead atoms. The fraction of sp³-hybridized carbons (Fsp3) is 0.941. The third kappa shape index (κ3) is 2.04. The van der Waals surface area contributed by atoms with Gasteiger partial charge in [-0.05, 0) is 48.9 Å². The van der Waals surface area contributed by atoms with E-state index in [-0.39, 0.29) is 5.41 Å². The number of fused-ring (bicyclic) bond motifs is 1. The van der Waals surface area contributed by atoms with Crippen molar-refractivity contribution in [2.45, 2.75) is 73.1 Å². The predicted molar refractivity (Wildman–Crippen MR) is 76.4 cm³/mol. The Bertz CT molecular complexity index is 331. The van der Waals surface area contributed by atoms with Gasteiger partial charge in [-0.25, -0.2) is 0 Å². The van der Waals surface area contributed by atoms with Gasteiger partial charge in [-0.1, -0.05) is 41.0 Å². The van der Waals surface area contributed by atoms with Crippen molar-refractivity contribution < 1.29 is 4.79 Å². The number of carbonyl (C=O) groups excluding carboxylic acids is 1. The molecule has 0 N–H and O–H groups in total. The van der Waals surface area contributed by atoms with Gasteiger partial charge in [0.2, 0.25) is 0 Å². The van der Waals surface area contributed by atoms with E-state index in [1.165, 1.54) is 19.3 Å². The smallest absolute Gasteiger partial charge is 0.139 e. The Balaban J connectivity index is 2.18. The van der Waals surface area contributed by atoms with Crippen LogP contribution in [0.5, 0.6) is 0 Å². The van der Waals surface area contributed by atoms with Crippen LogP contribution in [0.3, 0.4) is 0 Å². The van der Waals surface area contributed by atoms with Crippen LogP contribution < -0.4 is 0 Å². The average molecular weight is 250 g/mol. The van der Waals surface area contributed by atoms with Crippen LogP contribution in [0.4, 0.5) is 0 Å². The molecule has 0 radical (unpaired) electrons. The molecule has 0 aromatic carbocycles. The molecule has 0 amide bonds. The quantitative estimate of drug-likeness (QED) is 0.700. The third-order valence-corrected chi connectivity index (χ3v) is 6.28. The van der Waals surface area contributed by atoms with Crippen LogP contribution in [-0.2, 0) is 4.79 Å². The first-order valence-corrected chi connectivity index (χ1v) is 7.86. The fourth-order valence-electron chi connectivity index (χ4n) is 5.20. The van der Waals surface area contributed by atoms with Crippen LogP contribution in [0.15, 0.2) is 0 Å². The Hall–Kier alpha value is -0.330. The Labute approximate surface area is 113 Å². The van der Waals surface area contributed by atoms with Gasteiger partial charge in [-0.2, -0.15) is 0 Å². The maximum absolute atomic E-state index is 12.2. The van der Waals surface area contributed by atoms with Gasteiger partial charge in [0.15, 0.2) is 0 Å². The summed E-state index contributed by atoms with van der Waals surface area (Å²) in [6.45, 7) is 11.8. The van der Waals surface area contributed by atoms with E-state index in [9.17, 15) is 4.79 Å². The summed E-state index contributed by atoms with van der Waals surface area (Å²) >= 11 is 0. The number of rotatable bonds is 3. The Morgan fingerprint density at radius 2 is 2.00 bits per heavy atom. The second kappa shape index (κ2) is 4.65. The second-order valence-electron chi connectivity index (χ2n) is 7.73. The van der Waals surface area contributed by atoms with Crippen molar-refractivity contribution in [1.82, 2.24) is 0 Å². The SMILES string of the molecule is CCCC(C)(C)C1CCC2(C)C(=O)CCC2C1C. The maximum atomic E-state index is 12.2. The lowest BCUT2D eigenvalue weighted by molar-refractivity contribution is -0.131. The Morgan fingerprint density at radius 1 is 1.33 bits per heavy atom. The molecule has 2 rings (SSSR count). The molecule has 2 aliphatic carbocycles. The molecule has 0 aliphatic heterocycles.